The van der Waals surface area contributed by atoms with Crippen LogP contribution in [-0.2, 0) is 20.9 Å². The largest absolute Gasteiger partial charge is 0.383 e. The first-order valence-corrected chi connectivity index (χ1v) is 10.8. The van der Waals surface area contributed by atoms with Gasteiger partial charge in [-0.15, -0.1) is 0 Å². The third-order valence-corrected chi connectivity index (χ3v) is 6.06. The van der Waals surface area contributed by atoms with Crippen LogP contribution in [0.5, 0.6) is 0 Å². The Morgan fingerprint density at radius 2 is 2.03 bits per heavy atom. The molecule has 166 valence electrons. The fourth-order valence-electron chi connectivity index (χ4n) is 4.16. The summed E-state index contributed by atoms with van der Waals surface area (Å²) in [5, 5.41) is 5.84. The van der Waals surface area contributed by atoms with Gasteiger partial charge in [0.15, 0.2) is 0 Å². The number of benzene rings is 1. The van der Waals surface area contributed by atoms with Gasteiger partial charge in [-0.1, -0.05) is 18.2 Å². The van der Waals surface area contributed by atoms with E-state index in [-0.39, 0.29) is 24.1 Å². The van der Waals surface area contributed by atoms with Crippen molar-refractivity contribution < 1.29 is 18.7 Å². The normalized spacial score (nSPS) is 21.4. The van der Waals surface area contributed by atoms with Gasteiger partial charge in [-0.05, 0) is 37.9 Å². The number of ether oxygens (including phenoxy) is 1. The van der Waals surface area contributed by atoms with Crippen molar-refractivity contribution in [2.75, 3.05) is 53.0 Å². The second kappa shape index (κ2) is 11.4. The van der Waals surface area contributed by atoms with Crippen molar-refractivity contribution in [2.45, 2.75) is 31.8 Å². The maximum absolute atomic E-state index is 14.0. The van der Waals surface area contributed by atoms with Crippen LogP contribution in [0, 0.1) is 11.7 Å². The van der Waals surface area contributed by atoms with Gasteiger partial charge in [0.2, 0.25) is 11.8 Å². The summed E-state index contributed by atoms with van der Waals surface area (Å²) in [5.41, 5.74) is 0.540. The third kappa shape index (κ3) is 6.48. The maximum Gasteiger partial charge on any atom is 0.237 e. The average molecular weight is 421 g/mol. The minimum Gasteiger partial charge on any atom is -0.383 e. The van der Waals surface area contributed by atoms with E-state index in [9.17, 15) is 14.0 Å². The fraction of sp³-hybridized carbons (Fsp3) is 0.636. The number of likely N-dealkylation sites (tertiary alicyclic amines) is 1. The van der Waals surface area contributed by atoms with E-state index in [0.29, 0.717) is 37.7 Å². The highest BCUT2D eigenvalue weighted by molar-refractivity contribution is 5.88. The van der Waals surface area contributed by atoms with Crippen LogP contribution < -0.4 is 10.6 Å². The van der Waals surface area contributed by atoms with E-state index in [1.54, 1.807) is 25.3 Å². The number of hydrogen-bond acceptors (Lipinski definition) is 5. The Morgan fingerprint density at radius 3 is 2.77 bits per heavy atom. The lowest BCUT2D eigenvalue weighted by molar-refractivity contribution is -0.134. The van der Waals surface area contributed by atoms with Gasteiger partial charge in [-0.3, -0.25) is 14.5 Å². The highest BCUT2D eigenvalue weighted by Gasteiger charge is 2.32. The van der Waals surface area contributed by atoms with Gasteiger partial charge in [0.25, 0.3) is 0 Å². The lowest BCUT2D eigenvalue weighted by Crippen LogP contribution is -2.56. The molecule has 1 atom stereocenters. The number of nitrogens with zero attached hydrogens (tertiary/aromatic N) is 2. The molecule has 0 saturated carbocycles. The van der Waals surface area contributed by atoms with Crippen molar-refractivity contribution in [3.05, 3.63) is 35.6 Å². The van der Waals surface area contributed by atoms with Crippen LogP contribution in [0.3, 0.4) is 0 Å². The molecule has 0 aliphatic carbocycles. The van der Waals surface area contributed by atoms with Crippen LogP contribution in [0.2, 0.25) is 0 Å². The Hall–Kier alpha value is -2.03. The van der Waals surface area contributed by atoms with Gasteiger partial charge in [0.1, 0.15) is 5.82 Å². The minimum atomic E-state index is -0.575. The highest BCUT2D eigenvalue weighted by atomic mass is 19.1. The van der Waals surface area contributed by atoms with Crippen molar-refractivity contribution in [3.63, 3.8) is 0 Å². The molecule has 0 bridgehead atoms. The van der Waals surface area contributed by atoms with Crippen LogP contribution in [-0.4, -0.2) is 80.6 Å². The Balaban J connectivity index is 1.46. The average Bonchev–Trinajstić information content (AvgIpc) is 2.75. The lowest BCUT2D eigenvalue weighted by Gasteiger charge is -2.35. The Morgan fingerprint density at radius 1 is 1.27 bits per heavy atom. The number of hydrogen-bond donors (Lipinski definition) is 2. The molecule has 1 aromatic carbocycles. The van der Waals surface area contributed by atoms with Gasteiger partial charge in [0, 0.05) is 45.4 Å². The third-order valence-electron chi connectivity index (χ3n) is 6.06. The van der Waals surface area contributed by atoms with Crippen LogP contribution in [0.4, 0.5) is 4.39 Å². The zero-order valence-corrected chi connectivity index (χ0v) is 17.7. The van der Waals surface area contributed by atoms with Crippen LogP contribution in [0.15, 0.2) is 24.3 Å². The van der Waals surface area contributed by atoms with E-state index in [4.69, 9.17) is 4.74 Å². The molecule has 2 aliphatic heterocycles. The first-order valence-electron chi connectivity index (χ1n) is 10.8. The molecular weight excluding hydrogens is 387 g/mol. The summed E-state index contributed by atoms with van der Waals surface area (Å²) in [6.45, 7) is 5.79. The second-order valence-electron chi connectivity index (χ2n) is 8.15. The summed E-state index contributed by atoms with van der Waals surface area (Å²) in [6.07, 6.45) is 2.19. The summed E-state index contributed by atoms with van der Waals surface area (Å²) in [4.78, 5) is 29.2. The standard InChI is InChI=1S/C22H33FN4O3/c1-30-13-12-26-9-6-17(7-10-26)15-25-21(28)14-20-22(29)24-8-11-27(20)16-18-4-2-3-5-19(18)23/h2-5,17,20H,6-16H2,1H3,(H,24,29)(H,25,28). The monoisotopic (exact) mass is 420 g/mol. The molecule has 2 saturated heterocycles. The first kappa shape index (κ1) is 22.7. The van der Waals surface area contributed by atoms with Gasteiger partial charge < -0.3 is 20.3 Å². The summed E-state index contributed by atoms with van der Waals surface area (Å²) >= 11 is 0. The molecule has 30 heavy (non-hydrogen) atoms. The molecule has 0 aromatic heterocycles. The van der Waals surface area contributed by atoms with Gasteiger partial charge in [-0.25, -0.2) is 4.39 Å². The smallest absolute Gasteiger partial charge is 0.237 e. The molecule has 2 aliphatic rings. The van der Waals surface area contributed by atoms with E-state index in [2.05, 4.69) is 15.5 Å². The van der Waals surface area contributed by atoms with Crippen LogP contribution in [0.25, 0.3) is 0 Å². The van der Waals surface area contributed by atoms with E-state index in [1.807, 2.05) is 4.90 Å². The Bertz CT molecular complexity index is 709. The van der Waals surface area contributed by atoms with Crippen molar-refractivity contribution >= 4 is 11.8 Å². The number of nitrogens with one attached hydrogen (secondary N) is 2. The molecule has 0 spiro atoms. The van der Waals surface area contributed by atoms with Crippen LogP contribution in [0.1, 0.15) is 24.8 Å². The number of halogens is 1. The summed E-state index contributed by atoms with van der Waals surface area (Å²) in [5.74, 6) is -0.123. The van der Waals surface area contributed by atoms with Crippen molar-refractivity contribution in [1.82, 2.24) is 20.4 Å². The molecule has 3 rings (SSSR count). The number of amides is 2. The lowest BCUT2D eigenvalue weighted by atomic mass is 9.96. The van der Waals surface area contributed by atoms with Crippen molar-refractivity contribution in [2.24, 2.45) is 5.92 Å². The summed E-state index contributed by atoms with van der Waals surface area (Å²) < 4.78 is 19.2. The molecule has 8 heteroatoms. The highest BCUT2D eigenvalue weighted by Crippen LogP contribution is 2.18. The molecule has 2 N–H and O–H groups in total. The molecule has 1 unspecified atom stereocenters. The first-order chi connectivity index (χ1) is 14.6. The maximum atomic E-state index is 14.0. The predicted octanol–water partition coefficient (Wildman–Crippen LogP) is 0.991. The summed E-state index contributed by atoms with van der Waals surface area (Å²) in [7, 11) is 1.71. The fourth-order valence-corrected chi connectivity index (χ4v) is 4.16. The van der Waals surface area contributed by atoms with E-state index in [1.165, 1.54) is 6.07 Å². The number of methoxy groups -OCH3 is 1. The zero-order valence-electron chi connectivity index (χ0n) is 17.7. The van der Waals surface area contributed by atoms with Crippen molar-refractivity contribution in [1.29, 1.82) is 0 Å². The minimum absolute atomic E-state index is 0.0902. The topological polar surface area (TPSA) is 73.9 Å². The molecule has 2 fully saturated rings. The number of piperazine rings is 1. The van der Waals surface area contributed by atoms with E-state index < -0.39 is 6.04 Å². The van der Waals surface area contributed by atoms with Gasteiger partial charge in [-0.2, -0.15) is 0 Å². The van der Waals surface area contributed by atoms with E-state index >= 15 is 0 Å². The zero-order chi connectivity index (χ0) is 21.3. The van der Waals surface area contributed by atoms with Gasteiger partial charge >= 0.3 is 0 Å². The van der Waals surface area contributed by atoms with Crippen molar-refractivity contribution in [3.8, 4) is 0 Å². The second-order valence-corrected chi connectivity index (χ2v) is 8.15. The number of piperidine rings is 1. The van der Waals surface area contributed by atoms with Crippen LogP contribution >= 0.6 is 0 Å². The SMILES string of the molecule is COCCN1CCC(CNC(=O)CC2C(=O)NCCN2Cc2ccccc2F)CC1. The molecule has 7 nitrogen and oxygen atoms in total. The molecular formula is C22H33FN4O3. The predicted molar refractivity (Wildman–Crippen MR) is 112 cm³/mol. The number of rotatable bonds is 9. The number of carbonyl (C=O) groups is 2. The molecule has 1 aromatic rings. The van der Waals surface area contributed by atoms with E-state index in [0.717, 1.165) is 39.1 Å². The number of carbonyl (C=O) groups excluding carboxylic acids is 2. The Kier molecular flexibility index (Phi) is 8.60. The Labute approximate surface area is 177 Å². The molecule has 0 radical (unpaired) electrons. The van der Waals surface area contributed by atoms with Gasteiger partial charge in [0.05, 0.1) is 19.1 Å². The molecule has 2 amide bonds. The summed E-state index contributed by atoms with van der Waals surface area (Å²) in [6, 6.07) is 5.99. The molecule has 2 heterocycles. The quantitative estimate of drug-likeness (QED) is 0.623.